The van der Waals surface area contributed by atoms with Gasteiger partial charge in [-0.3, -0.25) is 4.79 Å². The van der Waals surface area contributed by atoms with Crippen molar-refractivity contribution < 1.29 is 14.3 Å². The number of rotatable bonds is 4. The Balaban J connectivity index is 2.60. The molecular formula is C16H16ClNO3S. The predicted molar refractivity (Wildman–Crippen MR) is 89.8 cm³/mol. The summed E-state index contributed by atoms with van der Waals surface area (Å²) in [6.45, 7) is 5.34. The van der Waals surface area contributed by atoms with Crippen LogP contribution >= 0.6 is 22.9 Å². The van der Waals surface area contributed by atoms with E-state index in [9.17, 15) is 9.59 Å². The van der Waals surface area contributed by atoms with E-state index < -0.39 is 5.97 Å². The molecule has 6 heteroatoms. The lowest BCUT2D eigenvalue weighted by atomic mass is 10.0. The number of hydrogen-bond acceptors (Lipinski definition) is 4. The lowest BCUT2D eigenvalue weighted by Gasteiger charge is -2.08. The van der Waals surface area contributed by atoms with E-state index in [1.165, 1.54) is 6.92 Å². The highest BCUT2D eigenvalue weighted by atomic mass is 35.5. The molecule has 1 aromatic carbocycles. The van der Waals surface area contributed by atoms with Crippen LogP contribution in [0.5, 0.6) is 0 Å². The van der Waals surface area contributed by atoms with Gasteiger partial charge in [0.15, 0.2) is 0 Å². The van der Waals surface area contributed by atoms with Crippen molar-refractivity contribution in [2.24, 2.45) is 0 Å². The molecule has 0 aliphatic carbocycles. The van der Waals surface area contributed by atoms with Gasteiger partial charge in [-0.25, -0.2) is 4.79 Å². The maximum atomic E-state index is 12.3. The molecule has 0 aliphatic rings. The molecule has 1 heterocycles. The third-order valence-corrected chi connectivity index (χ3v) is 4.29. The van der Waals surface area contributed by atoms with Crippen LogP contribution in [0.25, 0.3) is 11.1 Å². The Labute approximate surface area is 138 Å². The summed E-state index contributed by atoms with van der Waals surface area (Å²) in [7, 11) is 0. The van der Waals surface area contributed by atoms with Crippen LogP contribution in [0.4, 0.5) is 5.00 Å². The highest BCUT2D eigenvalue weighted by Gasteiger charge is 2.25. The van der Waals surface area contributed by atoms with Crippen LogP contribution in [0.15, 0.2) is 24.3 Å². The molecule has 0 spiro atoms. The van der Waals surface area contributed by atoms with E-state index in [1.807, 2.05) is 31.2 Å². The molecule has 0 aliphatic heterocycles. The van der Waals surface area contributed by atoms with Gasteiger partial charge in [0.2, 0.25) is 5.91 Å². The van der Waals surface area contributed by atoms with E-state index in [2.05, 4.69) is 5.32 Å². The summed E-state index contributed by atoms with van der Waals surface area (Å²) in [5.41, 5.74) is 2.81. The average molecular weight is 338 g/mol. The minimum atomic E-state index is -0.495. The number of aryl methyl sites for hydroxylation is 1. The van der Waals surface area contributed by atoms with Crippen molar-refractivity contribution in [3.63, 3.8) is 0 Å². The van der Waals surface area contributed by atoms with Gasteiger partial charge in [0.05, 0.1) is 6.61 Å². The summed E-state index contributed by atoms with van der Waals surface area (Å²) in [5.74, 6) is -0.760. The zero-order valence-electron chi connectivity index (χ0n) is 12.5. The number of amides is 1. The smallest absolute Gasteiger partial charge is 0.341 e. The third kappa shape index (κ3) is 3.48. The molecule has 22 heavy (non-hydrogen) atoms. The van der Waals surface area contributed by atoms with Crippen LogP contribution in [0, 0.1) is 6.92 Å². The van der Waals surface area contributed by atoms with Gasteiger partial charge in [0.25, 0.3) is 0 Å². The van der Waals surface area contributed by atoms with Gasteiger partial charge in [-0.2, -0.15) is 0 Å². The van der Waals surface area contributed by atoms with Crippen LogP contribution in [-0.4, -0.2) is 18.5 Å². The van der Waals surface area contributed by atoms with Crippen LogP contribution in [0.1, 0.15) is 29.8 Å². The molecule has 4 nitrogen and oxygen atoms in total. The quantitative estimate of drug-likeness (QED) is 0.835. The maximum absolute atomic E-state index is 12.3. The number of halogens is 1. The number of carbonyl (C=O) groups excluding carboxylic acids is 2. The first kappa shape index (κ1) is 16.5. The van der Waals surface area contributed by atoms with Crippen LogP contribution in [-0.2, 0) is 9.53 Å². The molecule has 0 atom stereocenters. The van der Waals surface area contributed by atoms with E-state index in [-0.39, 0.29) is 12.5 Å². The molecule has 116 valence electrons. The Morgan fingerprint density at radius 2 is 1.91 bits per heavy atom. The fraction of sp³-hybridized carbons (Fsp3) is 0.250. The van der Waals surface area contributed by atoms with Gasteiger partial charge in [0.1, 0.15) is 14.9 Å². The predicted octanol–water partition coefficient (Wildman–Crippen LogP) is 4.51. The Morgan fingerprint density at radius 1 is 1.27 bits per heavy atom. The fourth-order valence-corrected chi connectivity index (χ4v) is 3.45. The van der Waals surface area contributed by atoms with Crippen molar-refractivity contribution in [2.75, 3.05) is 11.9 Å². The lowest BCUT2D eigenvalue weighted by molar-refractivity contribution is -0.114. The topological polar surface area (TPSA) is 55.4 Å². The maximum Gasteiger partial charge on any atom is 0.341 e. The number of hydrogen-bond donors (Lipinski definition) is 1. The summed E-state index contributed by atoms with van der Waals surface area (Å²) >= 11 is 7.47. The largest absolute Gasteiger partial charge is 0.462 e. The van der Waals surface area contributed by atoms with Crippen LogP contribution in [0.3, 0.4) is 0 Å². The summed E-state index contributed by atoms with van der Waals surface area (Å²) in [6, 6.07) is 7.67. The van der Waals surface area contributed by atoms with Crippen LogP contribution < -0.4 is 5.32 Å². The van der Waals surface area contributed by atoms with Gasteiger partial charge >= 0.3 is 5.97 Å². The molecule has 1 amide bonds. The summed E-state index contributed by atoms with van der Waals surface area (Å²) in [6.07, 6.45) is 0. The Bertz CT molecular complexity index is 707. The van der Waals surface area contributed by atoms with Crippen molar-refractivity contribution in [1.82, 2.24) is 0 Å². The summed E-state index contributed by atoms with van der Waals surface area (Å²) in [4.78, 5) is 23.6. The number of carbonyl (C=O) groups is 2. The number of nitrogens with one attached hydrogen (secondary N) is 1. The van der Waals surface area contributed by atoms with Gasteiger partial charge in [0, 0.05) is 12.5 Å². The van der Waals surface area contributed by atoms with E-state index in [0.29, 0.717) is 20.5 Å². The first-order chi connectivity index (χ1) is 10.4. The van der Waals surface area contributed by atoms with Crippen molar-refractivity contribution in [3.05, 3.63) is 39.7 Å². The van der Waals surface area contributed by atoms with Gasteiger partial charge in [-0.05, 0) is 19.4 Å². The normalized spacial score (nSPS) is 10.4. The number of benzene rings is 1. The van der Waals surface area contributed by atoms with Gasteiger partial charge in [-0.15, -0.1) is 11.3 Å². The number of ether oxygens (including phenoxy) is 1. The van der Waals surface area contributed by atoms with Crippen molar-refractivity contribution in [3.8, 4) is 11.1 Å². The minimum Gasteiger partial charge on any atom is -0.462 e. The Hall–Kier alpha value is -1.85. The molecule has 0 saturated carbocycles. The molecule has 2 aromatic rings. The highest BCUT2D eigenvalue weighted by Crippen LogP contribution is 2.44. The van der Waals surface area contributed by atoms with Crippen molar-refractivity contribution in [2.45, 2.75) is 20.8 Å². The second-order valence-corrected chi connectivity index (χ2v) is 6.35. The zero-order chi connectivity index (χ0) is 16.3. The van der Waals surface area contributed by atoms with Crippen molar-refractivity contribution in [1.29, 1.82) is 0 Å². The van der Waals surface area contributed by atoms with E-state index in [0.717, 1.165) is 22.5 Å². The molecule has 0 unspecified atom stereocenters. The molecule has 1 aromatic heterocycles. The SMILES string of the molecule is CCOC(=O)c1c(NC(C)=O)sc(Cl)c1-c1ccc(C)cc1. The minimum absolute atomic E-state index is 0.249. The lowest BCUT2D eigenvalue weighted by Crippen LogP contribution is -2.11. The summed E-state index contributed by atoms with van der Waals surface area (Å²) in [5, 5.41) is 3.06. The molecule has 0 bridgehead atoms. The first-order valence-electron chi connectivity index (χ1n) is 6.78. The number of anilines is 1. The highest BCUT2D eigenvalue weighted by molar-refractivity contribution is 7.21. The standard InChI is InChI=1S/C16H16ClNO3S/c1-4-21-16(20)13-12(11-7-5-9(2)6-8-11)14(17)22-15(13)18-10(3)19/h5-8H,4H2,1-3H3,(H,18,19). The molecule has 1 N–H and O–H groups in total. The second-order valence-electron chi connectivity index (χ2n) is 4.72. The second kappa shape index (κ2) is 6.94. The first-order valence-corrected chi connectivity index (χ1v) is 7.97. The third-order valence-electron chi connectivity index (χ3n) is 2.97. The Morgan fingerprint density at radius 3 is 2.45 bits per heavy atom. The number of esters is 1. The molecule has 0 radical (unpaired) electrons. The molecular weight excluding hydrogens is 322 g/mol. The van der Waals surface area contributed by atoms with Crippen molar-refractivity contribution >= 4 is 39.8 Å². The average Bonchev–Trinajstić information content (AvgIpc) is 2.75. The number of thiophene rings is 1. The van der Waals surface area contributed by atoms with Crippen LogP contribution in [0.2, 0.25) is 4.34 Å². The molecule has 2 rings (SSSR count). The monoisotopic (exact) mass is 337 g/mol. The zero-order valence-corrected chi connectivity index (χ0v) is 14.1. The fourth-order valence-electron chi connectivity index (χ4n) is 2.03. The van der Waals surface area contributed by atoms with E-state index >= 15 is 0 Å². The summed E-state index contributed by atoms with van der Waals surface area (Å²) < 4.78 is 5.55. The molecule has 0 fully saturated rings. The molecule has 0 saturated heterocycles. The van der Waals surface area contributed by atoms with Gasteiger partial charge in [-0.1, -0.05) is 41.4 Å². The van der Waals surface area contributed by atoms with E-state index in [1.54, 1.807) is 6.92 Å². The Kier molecular flexibility index (Phi) is 5.21. The van der Waals surface area contributed by atoms with Gasteiger partial charge < -0.3 is 10.1 Å². The van der Waals surface area contributed by atoms with E-state index in [4.69, 9.17) is 16.3 Å².